The molecule has 1 aliphatic carbocycles. The molecule has 0 aromatic rings. The van der Waals surface area contributed by atoms with Crippen molar-refractivity contribution in [1.29, 1.82) is 0 Å². The average molecular weight is 182 g/mol. The van der Waals surface area contributed by atoms with Crippen LogP contribution in [0, 0.1) is 11.8 Å². The lowest BCUT2D eigenvalue weighted by molar-refractivity contribution is -0.142. The summed E-state index contributed by atoms with van der Waals surface area (Å²) < 4.78 is 0. The van der Waals surface area contributed by atoms with Crippen LogP contribution >= 0.6 is 0 Å². The Morgan fingerprint density at radius 3 is 2.46 bits per heavy atom. The minimum absolute atomic E-state index is 0.126. The maximum atomic E-state index is 11.8. The van der Waals surface area contributed by atoms with Gasteiger partial charge in [-0.3, -0.25) is 4.79 Å². The predicted molar refractivity (Wildman–Crippen MR) is 51.1 cm³/mol. The van der Waals surface area contributed by atoms with Gasteiger partial charge in [-0.05, 0) is 25.7 Å². The van der Waals surface area contributed by atoms with Gasteiger partial charge < -0.3 is 10.6 Å². The molecule has 1 aliphatic heterocycles. The first-order valence-electron chi connectivity index (χ1n) is 5.07. The summed E-state index contributed by atoms with van der Waals surface area (Å²) in [4.78, 5) is 13.7. The number of likely N-dealkylation sites (tertiary alicyclic amines) is 1. The fourth-order valence-corrected chi connectivity index (χ4v) is 2.07. The average Bonchev–Trinajstić information content (AvgIpc) is 2.79. The Hall–Kier alpha value is -0.570. The van der Waals surface area contributed by atoms with E-state index in [9.17, 15) is 4.79 Å². The molecule has 1 atom stereocenters. The van der Waals surface area contributed by atoms with Gasteiger partial charge in [-0.2, -0.15) is 0 Å². The smallest absolute Gasteiger partial charge is 0.225 e. The van der Waals surface area contributed by atoms with Crippen LogP contribution in [0.2, 0.25) is 0 Å². The van der Waals surface area contributed by atoms with E-state index in [0.717, 1.165) is 13.1 Å². The summed E-state index contributed by atoms with van der Waals surface area (Å²) in [7, 11) is 0. The second kappa shape index (κ2) is 2.71. The number of amides is 1. The van der Waals surface area contributed by atoms with Gasteiger partial charge in [0.15, 0.2) is 0 Å². The number of hydrogen-bond acceptors (Lipinski definition) is 2. The molecule has 0 aromatic heterocycles. The van der Waals surface area contributed by atoms with Gasteiger partial charge in [-0.25, -0.2) is 0 Å². The van der Waals surface area contributed by atoms with E-state index in [0.29, 0.717) is 11.8 Å². The Balaban J connectivity index is 1.85. The van der Waals surface area contributed by atoms with Crippen molar-refractivity contribution in [3.63, 3.8) is 0 Å². The van der Waals surface area contributed by atoms with Crippen molar-refractivity contribution in [3.05, 3.63) is 0 Å². The molecule has 0 bridgehead atoms. The summed E-state index contributed by atoms with van der Waals surface area (Å²) in [5, 5.41) is 0. The number of hydrogen-bond donors (Lipinski definition) is 1. The van der Waals surface area contributed by atoms with E-state index in [1.807, 2.05) is 18.7 Å². The standard InChI is InChI=1S/C10H18N2O/c1-7(8-3-4-8)9(13)12-5-10(2,11)6-12/h7-8H,3-6,11H2,1-2H3. The molecule has 1 amide bonds. The molecule has 2 rings (SSSR count). The first-order chi connectivity index (χ1) is 5.99. The highest BCUT2D eigenvalue weighted by molar-refractivity contribution is 5.80. The van der Waals surface area contributed by atoms with Crippen LogP contribution < -0.4 is 5.73 Å². The van der Waals surface area contributed by atoms with Gasteiger partial charge in [-0.15, -0.1) is 0 Å². The van der Waals surface area contributed by atoms with E-state index >= 15 is 0 Å². The minimum atomic E-state index is -0.126. The summed E-state index contributed by atoms with van der Waals surface area (Å²) in [6.45, 7) is 5.52. The Labute approximate surface area is 79.3 Å². The lowest BCUT2D eigenvalue weighted by atomic mass is 9.91. The van der Waals surface area contributed by atoms with Gasteiger partial charge in [0.25, 0.3) is 0 Å². The molecule has 1 heterocycles. The molecule has 3 nitrogen and oxygen atoms in total. The summed E-state index contributed by atoms with van der Waals surface area (Å²) >= 11 is 0. The van der Waals surface area contributed by atoms with E-state index in [1.165, 1.54) is 12.8 Å². The zero-order chi connectivity index (χ0) is 9.64. The van der Waals surface area contributed by atoms with Crippen LogP contribution in [-0.4, -0.2) is 29.4 Å². The second-order valence-corrected chi connectivity index (χ2v) is 4.97. The second-order valence-electron chi connectivity index (χ2n) is 4.97. The van der Waals surface area contributed by atoms with Crippen LogP contribution in [0.25, 0.3) is 0 Å². The molecule has 3 heteroatoms. The van der Waals surface area contributed by atoms with Crippen LogP contribution in [0.1, 0.15) is 26.7 Å². The van der Waals surface area contributed by atoms with Crippen molar-refractivity contribution in [1.82, 2.24) is 4.90 Å². The van der Waals surface area contributed by atoms with E-state index in [-0.39, 0.29) is 11.5 Å². The molecule has 1 saturated carbocycles. The molecule has 0 radical (unpaired) electrons. The summed E-state index contributed by atoms with van der Waals surface area (Å²) in [5.41, 5.74) is 5.72. The monoisotopic (exact) mass is 182 g/mol. The molecule has 1 saturated heterocycles. The fraction of sp³-hybridized carbons (Fsp3) is 0.900. The maximum absolute atomic E-state index is 11.8. The number of carbonyl (C=O) groups is 1. The van der Waals surface area contributed by atoms with Crippen LogP contribution in [0.5, 0.6) is 0 Å². The molecule has 2 fully saturated rings. The Bertz CT molecular complexity index is 225. The highest BCUT2D eigenvalue weighted by atomic mass is 16.2. The number of carbonyl (C=O) groups excluding carboxylic acids is 1. The van der Waals surface area contributed by atoms with Crippen molar-refractivity contribution in [2.75, 3.05) is 13.1 Å². The SMILES string of the molecule is CC(C(=O)N1CC(C)(N)C1)C1CC1. The predicted octanol–water partition coefficient (Wildman–Crippen LogP) is 0.592. The van der Waals surface area contributed by atoms with Crippen LogP contribution in [0.4, 0.5) is 0 Å². The highest BCUT2D eigenvalue weighted by Crippen LogP contribution is 2.38. The highest BCUT2D eigenvalue weighted by Gasteiger charge is 2.42. The normalized spacial score (nSPS) is 28.1. The van der Waals surface area contributed by atoms with Crippen molar-refractivity contribution >= 4 is 5.91 Å². The van der Waals surface area contributed by atoms with Crippen LogP contribution in [0.15, 0.2) is 0 Å². The summed E-state index contributed by atoms with van der Waals surface area (Å²) in [6.07, 6.45) is 2.47. The van der Waals surface area contributed by atoms with E-state index in [2.05, 4.69) is 0 Å². The lowest BCUT2D eigenvalue weighted by Gasteiger charge is -2.46. The number of rotatable bonds is 2. The Morgan fingerprint density at radius 2 is 2.08 bits per heavy atom. The topological polar surface area (TPSA) is 46.3 Å². The third kappa shape index (κ3) is 1.70. The summed E-state index contributed by atoms with van der Waals surface area (Å²) in [5.74, 6) is 1.21. The van der Waals surface area contributed by atoms with E-state index in [1.54, 1.807) is 0 Å². The zero-order valence-corrected chi connectivity index (χ0v) is 8.42. The Kier molecular flexibility index (Phi) is 1.88. The van der Waals surface area contributed by atoms with Gasteiger partial charge in [0.2, 0.25) is 5.91 Å². The fourth-order valence-electron chi connectivity index (χ4n) is 2.07. The van der Waals surface area contributed by atoms with Crippen molar-refractivity contribution in [2.24, 2.45) is 17.6 Å². The molecule has 2 aliphatic rings. The molecule has 2 N–H and O–H groups in total. The van der Waals surface area contributed by atoms with Crippen molar-refractivity contribution in [3.8, 4) is 0 Å². The van der Waals surface area contributed by atoms with E-state index < -0.39 is 0 Å². The first-order valence-corrected chi connectivity index (χ1v) is 5.07. The molecule has 13 heavy (non-hydrogen) atoms. The minimum Gasteiger partial charge on any atom is -0.339 e. The van der Waals surface area contributed by atoms with E-state index in [4.69, 9.17) is 5.73 Å². The van der Waals surface area contributed by atoms with Crippen LogP contribution in [0.3, 0.4) is 0 Å². The van der Waals surface area contributed by atoms with Gasteiger partial charge >= 0.3 is 0 Å². The van der Waals surface area contributed by atoms with Gasteiger partial charge in [0.05, 0.1) is 0 Å². The molecule has 0 spiro atoms. The maximum Gasteiger partial charge on any atom is 0.225 e. The lowest BCUT2D eigenvalue weighted by Crippen LogP contribution is -2.67. The third-order valence-electron chi connectivity index (χ3n) is 3.13. The first kappa shape index (κ1) is 9.00. The molecule has 74 valence electrons. The number of nitrogens with two attached hydrogens (primary N) is 1. The zero-order valence-electron chi connectivity index (χ0n) is 8.42. The molecule has 0 aromatic carbocycles. The summed E-state index contributed by atoms with van der Waals surface area (Å²) in [6, 6.07) is 0. The largest absolute Gasteiger partial charge is 0.339 e. The van der Waals surface area contributed by atoms with Gasteiger partial charge in [0.1, 0.15) is 0 Å². The van der Waals surface area contributed by atoms with Crippen molar-refractivity contribution in [2.45, 2.75) is 32.2 Å². The molecular weight excluding hydrogens is 164 g/mol. The number of nitrogens with zero attached hydrogens (tertiary/aromatic N) is 1. The quantitative estimate of drug-likeness (QED) is 0.679. The van der Waals surface area contributed by atoms with Crippen molar-refractivity contribution < 1.29 is 4.79 Å². The Morgan fingerprint density at radius 1 is 1.54 bits per heavy atom. The van der Waals surface area contributed by atoms with Gasteiger partial charge in [0, 0.05) is 24.5 Å². The molecular formula is C10H18N2O. The third-order valence-corrected chi connectivity index (χ3v) is 3.13. The van der Waals surface area contributed by atoms with Gasteiger partial charge in [-0.1, -0.05) is 6.92 Å². The van der Waals surface area contributed by atoms with Crippen LogP contribution in [-0.2, 0) is 4.79 Å². The molecule has 1 unspecified atom stereocenters.